The van der Waals surface area contributed by atoms with Gasteiger partial charge in [0.2, 0.25) is 0 Å². The molecule has 2 heterocycles. The molecule has 1 atom stereocenters. The lowest BCUT2D eigenvalue weighted by molar-refractivity contribution is 0.0788. The number of amides is 1. The molecule has 0 bridgehead atoms. The predicted molar refractivity (Wildman–Crippen MR) is 121 cm³/mol. The number of nitrogens with zero attached hydrogens (tertiary/aromatic N) is 1. The molecule has 2 aromatic carbocycles. The highest BCUT2D eigenvalue weighted by Crippen LogP contribution is 2.20. The second kappa shape index (κ2) is 8.55. The molecule has 0 aliphatic carbocycles. The maximum atomic E-state index is 13.5. The second-order valence-electron chi connectivity index (χ2n) is 7.85. The van der Waals surface area contributed by atoms with Gasteiger partial charge in [-0.15, -0.1) is 0 Å². The Bertz CT molecular complexity index is 1230. The zero-order chi connectivity index (χ0) is 22.0. The fraction of sp³-hybridized carbons (Fsp3) is 0.208. The number of rotatable bonds is 5. The number of halogens is 1. The summed E-state index contributed by atoms with van der Waals surface area (Å²) in [6, 6.07) is 12.8. The Morgan fingerprint density at radius 2 is 2.00 bits per heavy atom. The molecular weight excluding hydrogens is 395 g/mol. The quantitative estimate of drug-likeness (QED) is 0.541. The van der Waals surface area contributed by atoms with E-state index in [-0.39, 0.29) is 17.0 Å². The third-order valence-corrected chi connectivity index (χ3v) is 5.51. The minimum Gasteiger partial charge on any atom is -0.361 e. The van der Waals surface area contributed by atoms with Gasteiger partial charge < -0.3 is 20.6 Å². The van der Waals surface area contributed by atoms with E-state index in [4.69, 9.17) is 5.41 Å². The summed E-state index contributed by atoms with van der Waals surface area (Å²) in [6.07, 6.45) is 3.64. The van der Waals surface area contributed by atoms with E-state index in [1.54, 1.807) is 36.5 Å². The van der Waals surface area contributed by atoms with Crippen LogP contribution in [0.1, 0.15) is 29.3 Å². The van der Waals surface area contributed by atoms with Crippen molar-refractivity contribution in [1.29, 1.82) is 5.41 Å². The molecule has 3 aromatic rings. The average molecular weight is 418 g/mol. The van der Waals surface area contributed by atoms with E-state index >= 15 is 0 Å². The molecule has 7 heteroatoms. The van der Waals surface area contributed by atoms with Gasteiger partial charge in [0.05, 0.1) is 5.56 Å². The number of carbonyl (C=O) groups is 1. The molecule has 4 rings (SSSR count). The number of H-pyrrole nitrogens is 1. The van der Waals surface area contributed by atoms with Crippen LogP contribution >= 0.6 is 0 Å². The summed E-state index contributed by atoms with van der Waals surface area (Å²) < 4.78 is 13.5. The summed E-state index contributed by atoms with van der Waals surface area (Å²) in [5.74, 6) is 0.160. The van der Waals surface area contributed by atoms with E-state index in [2.05, 4.69) is 17.2 Å². The number of likely N-dealkylation sites (tertiary alicyclic amines) is 1. The van der Waals surface area contributed by atoms with Crippen molar-refractivity contribution >= 4 is 34.3 Å². The van der Waals surface area contributed by atoms with Crippen LogP contribution in [0.4, 0.5) is 10.1 Å². The van der Waals surface area contributed by atoms with Crippen LogP contribution in [0, 0.1) is 17.1 Å². The Hall–Kier alpha value is -3.74. The van der Waals surface area contributed by atoms with Crippen molar-refractivity contribution in [2.45, 2.75) is 13.3 Å². The molecule has 0 saturated carbocycles. The number of aromatic nitrogens is 1. The van der Waals surface area contributed by atoms with Crippen LogP contribution in [-0.4, -0.2) is 35.1 Å². The van der Waals surface area contributed by atoms with E-state index in [9.17, 15) is 14.0 Å². The van der Waals surface area contributed by atoms with Crippen LogP contribution in [0.5, 0.6) is 0 Å². The number of hydrogen-bond acceptors (Lipinski definition) is 4. The van der Waals surface area contributed by atoms with Gasteiger partial charge in [-0.3, -0.25) is 9.59 Å². The average Bonchev–Trinajstić information content (AvgIpc) is 3.21. The molecule has 3 N–H and O–H groups in total. The topological polar surface area (TPSA) is 89.1 Å². The summed E-state index contributed by atoms with van der Waals surface area (Å²) in [4.78, 5) is 29.6. The van der Waals surface area contributed by atoms with Crippen LogP contribution in [0.2, 0.25) is 0 Å². The first-order valence-electron chi connectivity index (χ1n) is 10.1. The Labute approximate surface area is 178 Å². The van der Waals surface area contributed by atoms with Gasteiger partial charge in [0.25, 0.3) is 11.5 Å². The smallest absolute Gasteiger partial charge is 0.256 e. The third kappa shape index (κ3) is 4.40. The first-order valence-corrected chi connectivity index (χ1v) is 10.1. The third-order valence-electron chi connectivity index (χ3n) is 5.51. The molecule has 1 saturated heterocycles. The molecule has 0 unspecified atom stereocenters. The number of aromatic amines is 1. The maximum Gasteiger partial charge on any atom is 0.256 e. The zero-order valence-electron chi connectivity index (χ0n) is 17.1. The highest BCUT2D eigenvalue weighted by molar-refractivity contribution is 6.09. The number of benzene rings is 2. The molecule has 158 valence electrons. The lowest BCUT2D eigenvalue weighted by Gasteiger charge is -2.16. The van der Waals surface area contributed by atoms with E-state index < -0.39 is 5.82 Å². The number of nitrogens with one attached hydrogen (secondary N) is 3. The van der Waals surface area contributed by atoms with Crippen molar-refractivity contribution in [1.82, 2.24) is 9.88 Å². The Balaban J connectivity index is 1.53. The molecule has 1 aliphatic rings. The molecule has 1 aromatic heterocycles. The van der Waals surface area contributed by atoms with Gasteiger partial charge in [-0.05, 0) is 60.9 Å². The van der Waals surface area contributed by atoms with Gasteiger partial charge in [0.1, 0.15) is 5.82 Å². The predicted octanol–water partition coefficient (Wildman–Crippen LogP) is 4.25. The standard InChI is InChI=1S/C24H23FN4O2/c1-15-8-9-29(14-15)24(31)16-2-5-20(6-3-16)27-13-18(12-26)21-11-17-10-19(25)4-7-22(17)28-23(21)30/h2-7,10-13,15,26-27H,8-9,14H2,1H3,(H,28,30)/b18-13+,26-12?/t15-/m0/s1. The van der Waals surface area contributed by atoms with Gasteiger partial charge in [0, 0.05) is 53.2 Å². The normalized spacial score (nSPS) is 16.5. The van der Waals surface area contributed by atoms with Gasteiger partial charge in [0.15, 0.2) is 0 Å². The molecular formula is C24H23FN4O2. The zero-order valence-corrected chi connectivity index (χ0v) is 17.1. The molecule has 1 aliphatic heterocycles. The number of anilines is 1. The fourth-order valence-electron chi connectivity index (χ4n) is 3.76. The molecule has 0 spiro atoms. The van der Waals surface area contributed by atoms with E-state index in [0.717, 1.165) is 25.7 Å². The summed E-state index contributed by atoms with van der Waals surface area (Å²) in [7, 11) is 0. The maximum absolute atomic E-state index is 13.5. The Kier molecular flexibility index (Phi) is 5.66. The fourth-order valence-corrected chi connectivity index (χ4v) is 3.76. The molecule has 31 heavy (non-hydrogen) atoms. The number of carbonyl (C=O) groups excluding carboxylic acids is 1. The summed E-state index contributed by atoms with van der Waals surface area (Å²) in [5, 5.41) is 11.3. The monoisotopic (exact) mass is 418 g/mol. The Morgan fingerprint density at radius 1 is 1.23 bits per heavy atom. The highest BCUT2D eigenvalue weighted by Gasteiger charge is 2.23. The van der Waals surface area contributed by atoms with Crippen molar-refractivity contribution in [3.63, 3.8) is 0 Å². The first kappa shape index (κ1) is 20.5. The van der Waals surface area contributed by atoms with Crippen molar-refractivity contribution in [3.8, 4) is 0 Å². The molecule has 0 radical (unpaired) electrons. The summed E-state index contributed by atoms with van der Waals surface area (Å²) in [5.41, 5.74) is 2.11. The van der Waals surface area contributed by atoms with Crippen molar-refractivity contribution in [2.24, 2.45) is 5.92 Å². The lowest BCUT2D eigenvalue weighted by Crippen LogP contribution is -2.28. The number of fused-ring (bicyclic) bond motifs is 1. The van der Waals surface area contributed by atoms with E-state index in [0.29, 0.717) is 33.6 Å². The van der Waals surface area contributed by atoms with E-state index in [1.165, 1.54) is 18.2 Å². The lowest BCUT2D eigenvalue weighted by atomic mass is 10.1. The van der Waals surface area contributed by atoms with Crippen molar-refractivity contribution in [3.05, 3.63) is 82.0 Å². The van der Waals surface area contributed by atoms with Gasteiger partial charge in [-0.2, -0.15) is 0 Å². The molecule has 1 fully saturated rings. The highest BCUT2D eigenvalue weighted by atomic mass is 19.1. The summed E-state index contributed by atoms with van der Waals surface area (Å²) in [6.45, 7) is 3.72. The molecule has 6 nitrogen and oxygen atoms in total. The summed E-state index contributed by atoms with van der Waals surface area (Å²) >= 11 is 0. The molecule has 1 amide bonds. The minimum atomic E-state index is -0.401. The minimum absolute atomic E-state index is 0.0292. The van der Waals surface area contributed by atoms with Crippen molar-refractivity contribution < 1.29 is 9.18 Å². The largest absolute Gasteiger partial charge is 0.361 e. The Morgan fingerprint density at radius 3 is 2.68 bits per heavy atom. The van der Waals surface area contributed by atoms with Crippen molar-refractivity contribution in [2.75, 3.05) is 18.4 Å². The van der Waals surface area contributed by atoms with Crippen LogP contribution in [0.3, 0.4) is 0 Å². The SMILES string of the molecule is C[C@H]1CCN(C(=O)c2ccc(N/C=C(\C=N)c3cc4cc(F)ccc4[nH]c3=O)cc2)C1. The number of allylic oxidation sites excluding steroid dienone is 1. The first-order chi connectivity index (χ1) is 14.9. The van der Waals surface area contributed by atoms with Gasteiger partial charge >= 0.3 is 0 Å². The second-order valence-corrected chi connectivity index (χ2v) is 7.85. The van der Waals surface area contributed by atoms with Crippen LogP contribution < -0.4 is 10.9 Å². The number of pyridine rings is 1. The van der Waals surface area contributed by atoms with Crippen LogP contribution in [0.25, 0.3) is 16.5 Å². The van der Waals surface area contributed by atoms with E-state index in [1.807, 2.05) is 4.90 Å². The number of hydrogen-bond donors (Lipinski definition) is 3. The van der Waals surface area contributed by atoms with Gasteiger partial charge in [-0.1, -0.05) is 6.92 Å². The van der Waals surface area contributed by atoms with Gasteiger partial charge in [-0.25, -0.2) is 4.39 Å². The van der Waals surface area contributed by atoms with Crippen LogP contribution in [0.15, 0.2) is 59.5 Å². The van der Waals surface area contributed by atoms with Crippen LogP contribution in [-0.2, 0) is 0 Å².